The van der Waals surface area contributed by atoms with Crippen LogP contribution in [0.3, 0.4) is 0 Å². The summed E-state index contributed by atoms with van der Waals surface area (Å²) in [6.45, 7) is 0.574. The molecule has 1 saturated carbocycles. The van der Waals surface area contributed by atoms with Gasteiger partial charge in [-0.3, -0.25) is 0 Å². The van der Waals surface area contributed by atoms with Crippen molar-refractivity contribution >= 4 is 0 Å². The number of para-hydroxylation sites is 2. The van der Waals surface area contributed by atoms with Crippen LogP contribution >= 0.6 is 0 Å². The van der Waals surface area contributed by atoms with Gasteiger partial charge >= 0.3 is 0 Å². The zero-order valence-electron chi connectivity index (χ0n) is 10.4. The second-order valence-electron chi connectivity index (χ2n) is 4.67. The van der Waals surface area contributed by atoms with Crippen molar-refractivity contribution in [3.8, 4) is 11.5 Å². The number of methoxy groups -OCH3 is 1. The number of hydrogen-bond donors (Lipinski definition) is 1. The Labute approximate surface area is 103 Å². The van der Waals surface area contributed by atoms with Crippen LogP contribution in [0, 0.1) is 5.92 Å². The molecule has 0 aliphatic heterocycles. The first-order valence-corrected chi connectivity index (χ1v) is 6.32. The van der Waals surface area contributed by atoms with Crippen molar-refractivity contribution < 1.29 is 9.47 Å². The molecule has 0 heterocycles. The van der Waals surface area contributed by atoms with Crippen LogP contribution in [0.2, 0.25) is 0 Å². The van der Waals surface area contributed by atoms with Gasteiger partial charge in [0.2, 0.25) is 0 Å². The standard InChI is InChI=1S/C14H21NO2/c1-16-13-8-4-5-9-14(13)17-10-12(15)11-6-2-3-7-11/h4-5,8-9,11-12H,2-3,6-7,10,15H2,1H3. The second-order valence-corrected chi connectivity index (χ2v) is 4.67. The van der Waals surface area contributed by atoms with Gasteiger partial charge < -0.3 is 15.2 Å². The number of nitrogens with two attached hydrogens (primary N) is 1. The van der Waals surface area contributed by atoms with E-state index in [1.807, 2.05) is 24.3 Å². The van der Waals surface area contributed by atoms with Gasteiger partial charge in [-0.1, -0.05) is 25.0 Å². The first-order chi connectivity index (χ1) is 8.31. The van der Waals surface area contributed by atoms with Crippen molar-refractivity contribution in [2.45, 2.75) is 31.7 Å². The fourth-order valence-corrected chi connectivity index (χ4v) is 2.45. The summed E-state index contributed by atoms with van der Waals surface area (Å²) in [6.07, 6.45) is 5.12. The summed E-state index contributed by atoms with van der Waals surface area (Å²) in [5.41, 5.74) is 6.15. The largest absolute Gasteiger partial charge is 0.493 e. The van der Waals surface area contributed by atoms with Crippen LogP contribution in [0.4, 0.5) is 0 Å². The Kier molecular flexibility index (Phi) is 4.26. The maximum Gasteiger partial charge on any atom is 0.161 e. The molecule has 94 valence electrons. The van der Waals surface area contributed by atoms with Crippen LogP contribution in [0.1, 0.15) is 25.7 Å². The zero-order chi connectivity index (χ0) is 12.1. The summed E-state index contributed by atoms with van der Waals surface area (Å²) >= 11 is 0. The highest BCUT2D eigenvalue weighted by Gasteiger charge is 2.22. The van der Waals surface area contributed by atoms with E-state index in [0.29, 0.717) is 12.5 Å². The Balaban J connectivity index is 1.88. The molecule has 1 aliphatic rings. The molecule has 0 saturated heterocycles. The van der Waals surface area contributed by atoms with Gasteiger partial charge in [-0.2, -0.15) is 0 Å². The third kappa shape index (κ3) is 3.13. The van der Waals surface area contributed by atoms with E-state index in [1.54, 1.807) is 7.11 Å². The summed E-state index contributed by atoms with van der Waals surface area (Å²) < 4.78 is 11.0. The highest BCUT2D eigenvalue weighted by molar-refractivity contribution is 5.39. The van der Waals surface area contributed by atoms with E-state index in [-0.39, 0.29) is 6.04 Å². The first kappa shape index (κ1) is 12.2. The molecule has 3 nitrogen and oxygen atoms in total. The Bertz CT molecular complexity index is 348. The van der Waals surface area contributed by atoms with E-state index in [2.05, 4.69) is 0 Å². The van der Waals surface area contributed by atoms with E-state index < -0.39 is 0 Å². The minimum atomic E-state index is 0.141. The first-order valence-electron chi connectivity index (χ1n) is 6.32. The lowest BCUT2D eigenvalue weighted by Crippen LogP contribution is -2.34. The lowest BCUT2D eigenvalue weighted by atomic mass is 10.00. The van der Waals surface area contributed by atoms with Crippen molar-refractivity contribution in [2.75, 3.05) is 13.7 Å². The van der Waals surface area contributed by atoms with Crippen molar-refractivity contribution in [3.05, 3.63) is 24.3 Å². The maximum atomic E-state index is 6.15. The van der Waals surface area contributed by atoms with Gasteiger partial charge in [0, 0.05) is 6.04 Å². The van der Waals surface area contributed by atoms with Crippen molar-refractivity contribution in [1.82, 2.24) is 0 Å². The molecule has 1 atom stereocenters. The quantitative estimate of drug-likeness (QED) is 0.853. The molecule has 1 aromatic rings. The van der Waals surface area contributed by atoms with Crippen molar-refractivity contribution in [1.29, 1.82) is 0 Å². The van der Waals surface area contributed by atoms with Crippen LogP contribution in [0.25, 0.3) is 0 Å². The van der Waals surface area contributed by atoms with E-state index in [9.17, 15) is 0 Å². The predicted molar refractivity (Wildman–Crippen MR) is 68.4 cm³/mol. The van der Waals surface area contributed by atoms with Gasteiger partial charge in [-0.25, -0.2) is 0 Å². The van der Waals surface area contributed by atoms with Gasteiger partial charge in [0.05, 0.1) is 7.11 Å². The normalized spacial score (nSPS) is 18.0. The minimum absolute atomic E-state index is 0.141. The van der Waals surface area contributed by atoms with Crippen LogP contribution in [-0.4, -0.2) is 19.8 Å². The van der Waals surface area contributed by atoms with Crippen molar-refractivity contribution in [3.63, 3.8) is 0 Å². The number of hydrogen-bond acceptors (Lipinski definition) is 3. The molecular weight excluding hydrogens is 214 g/mol. The molecule has 1 aliphatic carbocycles. The Hall–Kier alpha value is -1.22. The third-order valence-electron chi connectivity index (χ3n) is 3.51. The molecule has 2 N–H and O–H groups in total. The molecule has 17 heavy (non-hydrogen) atoms. The minimum Gasteiger partial charge on any atom is -0.493 e. The lowest BCUT2D eigenvalue weighted by Gasteiger charge is -2.19. The molecule has 0 aromatic heterocycles. The Morgan fingerprint density at radius 2 is 1.88 bits per heavy atom. The maximum absolute atomic E-state index is 6.15. The fraction of sp³-hybridized carbons (Fsp3) is 0.571. The van der Waals surface area contributed by atoms with Gasteiger partial charge in [-0.05, 0) is 30.9 Å². The second kappa shape index (κ2) is 5.92. The summed E-state index contributed by atoms with van der Waals surface area (Å²) in [6, 6.07) is 7.83. The topological polar surface area (TPSA) is 44.5 Å². The van der Waals surface area contributed by atoms with E-state index >= 15 is 0 Å². The third-order valence-corrected chi connectivity index (χ3v) is 3.51. The summed E-state index contributed by atoms with van der Waals surface area (Å²) in [7, 11) is 1.65. The van der Waals surface area contributed by atoms with E-state index in [1.165, 1.54) is 25.7 Å². The SMILES string of the molecule is COc1ccccc1OCC(N)C1CCCC1. The van der Waals surface area contributed by atoms with Crippen molar-refractivity contribution in [2.24, 2.45) is 11.7 Å². The van der Waals surface area contributed by atoms with Crippen LogP contribution in [-0.2, 0) is 0 Å². The summed E-state index contributed by atoms with van der Waals surface area (Å²) in [5, 5.41) is 0. The zero-order valence-corrected chi connectivity index (χ0v) is 10.4. The highest BCUT2D eigenvalue weighted by atomic mass is 16.5. The van der Waals surface area contributed by atoms with Gasteiger partial charge in [-0.15, -0.1) is 0 Å². The summed E-state index contributed by atoms with van der Waals surface area (Å²) in [4.78, 5) is 0. The van der Waals surface area contributed by atoms with Crippen LogP contribution in [0.15, 0.2) is 24.3 Å². The average Bonchev–Trinajstić information content (AvgIpc) is 2.90. The number of rotatable bonds is 5. The molecular formula is C14H21NO2. The molecule has 0 amide bonds. The van der Waals surface area contributed by atoms with Gasteiger partial charge in [0.1, 0.15) is 6.61 Å². The van der Waals surface area contributed by atoms with E-state index in [4.69, 9.17) is 15.2 Å². The number of ether oxygens (including phenoxy) is 2. The smallest absolute Gasteiger partial charge is 0.161 e. The molecule has 1 fully saturated rings. The Morgan fingerprint density at radius 1 is 1.24 bits per heavy atom. The highest BCUT2D eigenvalue weighted by Crippen LogP contribution is 2.29. The number of benzene rings is 1. The Morgan fingerprint density at radius 3 is 2.53 bits per heavy atom. The molecule has 1 aromatic carbocycles. The average molecular weight is 235 g/mol. The monoisotopic (exact) mass is 235 g/mol. The molecule has 1 unspecified atom stereocenters. The fourth-order valence-electron chi connectivity index (χ4n) is 2.45. The summed E-state index contributed by atoms with van der Waals surface area (Å²) in [5.74, 6) is 2.18. The van der Waals surface area contributed by atoms with Crippen LogP contribution < -0.4 is 15.2 Å². The van der Waals surface area contributed by atoms with Gasteiger partial charge in [0.25, 0.3) is 0 Å². The van der Waals surface area contributed by atoms with Crippen LogP contribution in [0.5, 0.6) is 11.5 Å². The molecule has 2 rings (SSSR count). The predicted octanol–water partition coefficient (Wildman–Crippen LogP) is 2.59. The lowest BCUT2D eigenvalue weighted by molar-refractivity contribution is 0.237. The van der Waals surface area contributed by atoms with Gasteiger partial charge in [0.15, 0.2) is 11.5 Å². The van der Waals surface area contributed by atoms with E-state index in [0.717, 1.165) is 11.5 Å². The molecule has 3 heteroatoms. The molecule has 0 bridgehead atoms. The molecule has 0 spiro atoms. The molecule has 0 radical (unpaired) electrons.